The first-order valence-electron chi connectivity index (χ1n) is 5.52. The Labute approximate surface area is 99.9 Å². The van der Waals surface area contributed by atoms with Crippen LogP contribution in [-0.2, 0) is 4.79 Å². The number of aryl methyl sites for hydroxylation is 1. The lowest BCUT2D eigenvalue weighted by molar-refractivity contribution is -0.121. The molecule has 0 fully saturated rings. The van der Waals surface area contributed by atoms with E-state index in [1.165, 1.54) is 6.07 Å². The molecule has 0 aromatic heterocycles. The summed E-state index contributed by atoms with van der Waals surface area (Å²) in [6, 6.07) is 4.72. The van der Waals surface area contributed by atoms with Gasteiger partial charge in [0.2, 0.25) is 5.91 Å². The van der Waals surface area contributed by atoms with Crippen molar-refractivity contribution in [3.8, 4) is 5.75 Å². The van der Waals surface area contributed by atoms with E-state index in [4.69, 9.17) is 10.6 Å². The second-order valence-corrected chi connectivity index (χ2v) is 3.81. The van der Waals surface area contributed by atoms with Gasteiger partial charge in [-0.25, -0.2) is 10.2 Å². The molecule has 0 aliphatic heterocycles. The van der Waals surface area contributed by atoms with Crippen molar-refractivity contribution in [2.24, 2.45) is 5.84 Å². The molecule has 1 aromatic rings. The van der Waals surface area contributed by atoms with Crippen LogP contribution in [0.2, 0.25) is 0 Å². The van der Waals surface area contributed by atoms with Gasteiger partial charge in [-0.15, -0.1) is 0 Å². The van der Waals surface area contributed by atoms with Crippen LogP contribution in [0.1, 0.15) is 24.8 Å². The molecule has 0 aliphatic carbocycles. The molecule has 0 atom stereocenters. The molecular weight excluding hydrogens is 223 g/mol. The number of halogens is 1. The van der Waals surface area contributed by atoms with Crippen LogP contribution in [0.25, 0.3) is 0 Å². The molecule has 17 heavy (non-hydrogen) atoms. The Morgan fingerprint density at radius 3 is 2.94 bits per heavy atom. The zero-order chi connectivity index (χ0) is 12.7. The van der Waals surface area contributed by atoms with Gasteiger partial charge in [0, 0.05) is 6.42 Å². The van der Waals surface area contributed by atoms with Crippen LogP contribution in [0.5, 0.6) is 5.75 Å². The van der Waals surface area contributed by atoms with E-state index < -0.39 is 0 Å². The molecule has 0 unspecified atom stereocenters. The standard InChI is InChI=1S/C12H17FN2O2/c1-9-5-6-10(13)11(8-9)17-7-3-2-4-12(16)15-14/h5-6,8H,2-4,7,14H2,1H3,(H,15,16). The van der Waals surface area contributed by atoms with E-state index in [1.54, 1.807) is 12.1 Å². The summed E-state index contributed by atoms with van der Waals surface area (Å²) in [5.74, 6) is 4.62. The number of hydrogen-bond donors (Lipinski definition) is 2. The SMILES string of the molecule is Cc1ccc(F)c(OCCCCC(=O)NN)c1. The lowest BCUT2D eigenvalue weighted by Crippen LogP contribution is -2.29. The van der Waals surface area contributed by atoms with Crippen LogP contribution in [0.3, 0.4) is 0 Å². The maximum atomic E-state index is 13.3. The number of carbonyl (C=O) groups is 1. The van der Waals surface area contributed by atoms with Gasteiger partial charge in [0.25, 0.3) is 0 Å². The Morgan fingerprint density at radius 2 is 2.24 bits per heavy atom. The molecule has 94 valence electrons. The summed E-state index contributed by atoms with van der Waals surface area (Å²) in [7, 11) is 0. The molecule has 5 heteroatoms. The summed E-state index contributed by atoms with van der Waals surface area (Å²) in [6.45, 7) is 2.26. The van der Waals surface area contributed by atoms with E-state index in [0.29, 0.717) is 25.9 Å². The molecule has 0 saturated carbocycles. The van der Waals surface area contributed by atoms with E-state index in [0.717, 1.165) is 5.56 Å². The van der Waals surface area contributed by atoms with Gasteiger partial charge < -0.3 is 4.74 Å². The lowest BCUT2D eigenvalue weighted by atomic mass is 10.2. The van der Waals surface area contributed by atoms with Gasteiger partial charge >= 0.3 is 0 Å². The highest BCUT2D eigenvalue weighted by atomic mass is 19.1. The minimum atomic E-state index is -0.365. The number of nitrogens with two attached hydrogens (primary N) is 1. The van der Waals surface area contributed by atoms with Crippen LogP contribution < -0.4 is 16.0 Å². The highest BCUT2D eigenvalue weighted by molar-refractivity contribution is 5.75. The van der Waals surface area contributed by atoms with Gasteiger partial charge in [-0.1, -0.05) is 6.07 Å². The van der Waals surface area contributed by atoms with Crippen molar-refractivity contribution in [3.63, 3.8) is 0 Å². The zero-order valence-corrected chi connectivity index (χ0v) is 9.83. The van der Waals surface area contributed by atoms with E-state index >= 15 is 0 Å². The predicted octanol–water partition coefficient (Wildman–Crippen LogP) is 1.67. The van der Waals surface area contributed by atoms with Crippen LogP contribution in [-0.4, -0.2) is 12.5 Å². The minimum Gasteiger partial charge on any atom is -0.491 e. The number of unbranched alkanes of at least 4 members (excludes halogenated alkanes) is 1. The fourth-order valence-electron chi connectivity index (χ4n) is 1.36. The molecule has 1 amide bonds. The van der Waals surface area contributed by atoms with Crippen LogP contribution in [0, 0.1) is 12.7 Å². The van der Waals surface area contributed by atoms with Crippen molar-refractivity contribution in [2.45, 2.75) is 26.2 Å². The normalized spacial score (nSPS) is 10.1. The summed E-state index contributed by atoms with van der Waals surface area (Å²) in [4.78, 5) is 10.8. The molecule has 3 N–H and O–H groups in total. The third-order valence-electron chi connectivity index (χ3n) is 2.30. The fourth-order valence-corrected chi connectivity index (χ4v) is 1.36. The van der Waals surface area contributed by atoms with Crippen LogP contribution in [0.4, 0.5) is 4.39 Å². The Morgan fingerprint density at radius 1 is 1.47 bits per heavy atom. The molecule has 0 radical (unpaired) electrons. The number of hydrogen-bond acceptors (Lipinski definition) is 3. The predicted molar refractivity (Wildman–Crippen MR) is 62.8 cm³/mol. The van der Waals surface area contributed by atoms with Crippen molar-refractivity contribution >= 4 is 5.91 Å². The van der Waals surface area contributed by atoms with Crippen molar-refractivity contribution < 1.29 is 13.9 Å². The van der Waals surface area contributed by atoms with Gasteiger partial charge in [0.15, 0.2) is 11.6 Å². The number of hydrazine groups is 1. The van der Waals surface area contributed by atoms with Gasteiger partial charge in [0.1, 0.15) is 0 Å². The molecule has 4 nitrogen and oxygen atoms in total. The van der Waals surface area contributed by atoms with E-state index in [-0.39, 0.29) is 17.5 Å². The number of nitrogens with one attached hydrogen (secondary N) is 1. The Balaban J connectivity index is 2.26. The number of carbonyl (C=O) groups excluding carboxylic acids is 1. The smallest absolute Gasteiger partial charge is 0.233 e. The Kier molecular flexibility index (Phi) is 5.42. The molecule has 0 heterocycles. The lowest BCUT2D eigenvalue weighted by Gasteiger charge is -2.07. The second-order valence-electron chi connectivity index (χ2n) is 3.81. The molecule has 0 saturated heterocycles. The van der Waals surface area contributed by atoms with Gasteiger partial charge in [-0.2, -0.15) is 0 Å². The molecule has 1 aromatic carbocycles. The third-order valence-corrected chi connectivity index (χ3v) is 2.30. The molecule has 0 spiro atoms. The zero-order valence-electron chi connectivity index (χ0n) is 9.83. The van der Waals surface area contributed by atoms with Gasteiger partial charge in [-0.05, 0) is 37.5 Å². The average molecular weight is 240 g/mol. The topological polar surface area (TPSA) is 64.3 Å². The molecule has 0 aliphatic rings. The van der Waals surface area contributed by atoms with E-state index in [2.05, 4.69) is 5.43 Å². The number of amides is 1. The summed E-state index contributed by atoms with van der Waals surface area (Å²) in [5, 5.41) is 0. The number of benzene rings is 1. The van der Waals surface area contributed by atoms with Crippen molar-refractivity contribution in [1.29, 1.82) is 0 Å². The largest absolute Gasteiger partial charge is 0.491 e. The Hall–Kier alpha value is -1.62. The van der Waals surface area contributed by atoms with Crippen molar-refractivity contribution in [3.05, 3.63) is 29.6 Å². The quantitative estimate of drug-likeness (QED) is 0.344. The summed E-state index contributed by atoms with van der Waals surface area (Å²) >= 11 is 0. The first-order valence-corrected chi connectivity index (χ1v) is 5.52. The highest BCUT2D eigenvalue weighted by Gasteiger charge is 2.03. The first kappa shape index (κ1) is 13.4. The molecular formula is C12H17FN2O2. The summed E-state index contributed by atoms with van der Waals surface area (Å²) < 4.78 is 18.6. The van der Waals surface area contributed by atoms with Gasteiger partial charge in [-0.3, -0.25) is 10.2 Å². The monoisotopic (exact) mass is 240 g/mol. The maximum Gasteiger partial charge on any atom is 0.233 e. The van der Waals surface area contributed by atoms with Crippen LogP contribution >= 0.6 is 0 Å². The number of ether oxygens (including phenoxy) is 1. The summed E-state index contributed by atoms with van der Waals surface area (Å²) in [6.07, 6.45) is 1.70. The maximum absolute atomic E-state index is 13.3. The number of rotatable bonds is 6. The second kappa shape index (κ2) is 6.85. The van der Waals surface area contributed by atoms with Crippen LogP contribution in [0.15, 0.2) is 18.2 Å². The highest BCUT2D eigenvalue weighted by Crippen LogP contribution is 2.18. The van der Waals surface area contributed by atoms with E-state index in [1.807, 2.05) is 6.92 Å². The fraction of sp³-hybridized carbons (Fsp3) is 0.417. The third kappa shape index (κ3) is 4.82. The van der Waals surface area contributed by atoms with Crippen molar-refractivity contribution in [2.75, 3.05) is 6.61 Å². The molecule has 1 rings (SSSR count). The molecule has 0 bridgehead atoms. The van der Waals surface area contributed by atoms with Crippen molar-refractivity contribution in [1.82, 2.24) is 5.43 Å². The Bertz CT molecular complexity index is 383. The minimum absolute atomic E-state index is 0.202. The average Bonchev–Trinajstić information content (AvgIpc) is 2.32. The van der Waals surface area contributed by atoms with Gasteiger partial charge in [0.05, 0.1) is 6.61 Å². The first-order chi connectivity index (χ1) is 8.13. The summed E-state index contributed by atoms with van der Waals surface area (Å²) in [5.41, 5.74) is 3.00. The van der Waals surface area contributed by atoms with E-state index in [9.17, 15) is 9.18 Å².